The quantitative estimate of drug-likeness (QED) is 0.398. The first-order chi connectivity index (χ1) is 7.43. The second kappa shape index (κ2) is 9.85. The largest absolute Gasteiger partial charge is 0.317 e. The summed E-state index contributed by atoms with van der Waals surface area (Å²) < 4.78 is 1.31. The fraction of sp³-hybridized carbons (Fsp3) is 1.00. The lowest BCUT2D eigenvalue weighted by Crippen LogP contribution is -2.25. The molecule has 0 aromatic heterocycles. The maximum Gasteiger partial charge on any atom is -0.000472 e. The molecule has 1 aliphatic heterocycles. The van der Waals surface area contributed by atoms with Gasteiger partial charge in [0.1, 0.15) is 0 Å². The molecule has 1 heterocycles. The summed E-state index contributed by atoms with van der Waals surface area (Å²) in [6.45, 7) is 6.42. The Morgan fingerprint density at radius 2 is 1.67 bits per heavy atom. The predicted octanol–water partition coefficient (Wildman–Crippen LogP) is 2.67. The SMILES string of the molecule is ICCCCCNCCCN1CCCC1. The van der Waals surface area contributed by atoms with Crippen molar-refractivity contribution < 1.29 is 0 Å². The van der Waals surface area contributed by atoms with E-state index in [1.807, 2.05) is 0 Å². The molecule has 0 spiro atoms. The summed E-state index contributed by atoms with van der Waals surface area (Å²) in [7, 11) is 0. The lowest BCUT2D eigenvalue weighted by molar-refractivity contribution is 0.331. The molecule has 0 unspecified atom stereocenters. The summed E-state index contributed by atoms with van der Waals surface area (Å²) in [5.41, 5.74) is 0. The first kappa shape index (κ1) is 13.7. The Labute approximate surface area is 108 Å². The van der Waals surface area contributed by atoms with Crippen molar-refractivity contribution in [2.75, 3.05) is 37.2 Å². The highest BCUT2D eigenvalue weighted by atomic mass is 127. The molecule has 0 saturated carbocycles. The van der Waals surface area contributed by atoms with Gasteiger partial charge in [-0.1, -0.05) is 29.0 Å². The van der Waals surface area contributed by atoms with Gasteiger partial charge in [-0.05, 0) is 69.3 Å². The zero-order valence-corrected chi connectivity index (χ0v) is 12.0. The van der Waals surface area contributed by atoms with Gasteiger partial charge in [0, 0.05) is 0 Å². The zero-order chi connectivity index (χ0) is 10.8. The maximum atomic E-state index is 3.54. The summed E-state index contributed by atoms with van der Waals surface area (Å²) in [6, 6.07) is 0. The predicted molar refractivity (Wildman–Crippen MR) is 75.9 cm³/mol. The van der Waals surface area contributed by atoms with Crippen molar-refractivity contribution in [2.24, 2.45) is 0 Å². The summed E-state index contributed by atoms with van der Waals surface area (Å²) in [5.74, 6) is 0. The third kappa shape index (κ3) is 7.53. The minimum Gasteiger partial charge on any atom is -0.317 e. The van der Waals surface area contributed by atoms with Gasteiger partial charge in [0.25, 0.3) is 0 Å². The topological polar surface area (TPSA) is 15.3 Å². The standard InChI is InChI=1S/C12H25IN2/c13-7-2-1-3-8-14-9-6-12-15-10-4-5-11-15/h14H,1-12H2. The van der Waals surface area contributed by atoms with Crippen LogP contribution < -0.4 is 5.32 Å². The van der Waals surface area contributed by atoms with Crippen LogP contribution in [0.5, 0.6) is 0 Å². The Morgan fingerprint density at radius 3 is 2.40 bits per heavy atom. The molecule has 0 bridgehead atoms. The summed E-state index contributed by atoms with van der Waals surface area (Å²) in [4.78, 5) is 2.60. The lowest BCUT2D eigenvalue weighted by atomic mass is 10.2. The van der Waals surface area contributed by atoms with E-state index >= 15 is 0 Å². The second-order valence-corrected chi connectivity index (χ2v) is 5.48. The Kier molecular flexibility index (Phi) is 9.00. The van der Waals surface area contributed by atoms with Crippen LogP contribution in [0.4, 0.5) is 0 Å². The van der Waals surface area contributed by atoms with E-state index in [1.54, 1.807) is 0 Å². The molecule has 15 heavy (non-hydrogen) atoms. The molecular formula is C12H25IN2. The number of hydrogen-bond donors (Lipinski definition) is 1. The molecule has 3 heteroatoms. The van der Waals surface area contributed by atoms with Gasteiger partial charge in [-0.25, -0.2) is 0 Å². The van der Waals surface area contributed by atoms with Crippen molar-refractivity contribution in [3.05, 3.63) is 0 Å². The van der Waals surface area contributed by atoms with Crippen molar-refractivity contribution in [1.82, 2.24) is 10.2 Å². The van der Waals surface area contributed by atoms with Gasteiger partial charge in [-0.3, -0.25) is 0 Å². The van der Waals surface area contributed by atoms with Crippen molar-refractivity contribution >= 4 is 22.6 Å². The van der Waals surface area contributed by atoms with Gasteiger partial charge in [0.15, 0.2) is 0 Å². The fourth-order valence-electron chi connectivity index (χ4n) is 2.08. The third-order valence-electron chi connectivity index (χ3n) is 3.01. The van der Waals surface area contributed by atoms with E-state index in [2.05, 4.69) is 32.8 Å². The first-order valence-electron chi connectivity index (χ1n) is 6.42. The number of alkyl halides is 1. The van der Waals surface area contributed by atoms with E-state index in [1.165, 1.54) is 75.7 Å². The van der Waals surface area contributed by atoms with Crippen molar-refractivity contribution in [1.29, 1.82) is 0 Å². The molecule has 1 rings (SSSR count). The Balaban J connectivity index is 1.73. The highest BCUT2D eigenvalue weighted by Gasteiger charge is 2.09. The Bertz CT molecular complexity index is 136. The van der Waals surface area contributed by atoms with Crippen LogP contribution in [0.3, 0.4) is 0 Å². The van der Waals surface area contributed by atoms with E-state index in [4.69, 9.17) is 0 Å². The normalized spacial score (nSPS) is 17.4. The second-order valence-electron chi connectivity index (χ2n) is 4.40. The van der Waals surface area contributed by atoms with Crippen molar-refractivity contribution in [3.63, 3.8) is 0 Å². The molecule has 2 nitrogen and oxygen atoms in total. The smallest absolute Gasteiger partial charge is 0.000472 e. The molecule has 0 aromatic carbocycles. The number of rotatable bonds is 9. The van der Waals surface area contributed by atoms with Crippen molar-refractivity contribution in [2.45, 2.75) is 38.5 Å². The molecule has 90 valence electrons. The monoisotopic (exact) mass is 324 g/mol. The zero-order valence-electron chi connectivity index (χ0n) is 9.81. The van der Waals surface area contributed by atoms with E-state index in [0.29, 0.717) is 0 Å². The van der Waals surface area contributed by atoms with Crippen LogP contribution in [0.1, 0.15) is 38.5 Å². The fourth-order valence-corrected chi connectivity index (χ4v) is 2.62. The minimum absolute atomic E-state index is 1.21. The van der Waals surface area contributed by atoms with Crippen LogP contribution in [0, 0.1) is 0 Å². The maximum absolute atomic E-state index is 3.54. The average molecular weight is 324 g/mol. The van der Waals surface area contributed by atoms with E-state index < -0.39 is 0 Å². The highest BCUT2D eigenvalue weighted by molar-refractivity contribution is 14.1. The van der Waals surface area contributed by atoms with Crippen LogP contribution in [0.2, 0.25) is 0 Å². The molecule has 1 saturated heterocycles. The van der Waals surface area contributed by atoms with Gasteiger partial charge in [-0.2, -0.15) is 0 Å². The molecule has 1 aliphatic rings. The number of nitrogens with zero attached hydrogens (tertiary/aromatic N) is 1. The lowest BCUT2D eigenvalue weighted by Gasteiger charge is -2.14. The summed E-state index contributed by atoms with van der Waals surface area (Å²) in [5, 5.41) is 3.54. The number of unbranched alkanes of at least 4 members (excludes halogenated alkanes) is 2. The van der Waals surface area contributed by atoms with Crippen LogP contribution in [0.15, 0.2) is 0 Å². The van der Waals surface area contributed by atoms with Gasteiger partial charge >= 0.3 is 0 Å². The molecule has 1 fully saturated rings. The average Bonchev–Trinajstić information content (AvgIpc) is 2.75. The molecule has 0 aliphatic carbocycles. The van der Waals surface area contributed by atoms with Gasteiger partial charge in [0.05, 0.1) is 0 Å². The van der Waals surface area contributed by atoms with Crippen LogP contribution in [0.25, 0.3) is 0 Å². The molecule has 0 amide bonds. The first-order valence-corrected chi connectivity index (χ1v) is 7.95. The van der Waals surface area contributed by atoms with Crippen LogP contribution in [-0.4, -0.2) is 42.1 Å². The van der Waals surface area contributed by atoms with E-state index in [9.17, 15) is 0 Å². The number of likely N-dealkylation sites (tertiary alicyclic amines) is 1. The third-order valence-corrected chi connectivity index (χ3v) is 3.78. The Hall–Kier alpha value is 0.650. The molecule has 0 aromatic rings. The van der Waals surface area contributed by atoms with E-state index in [-0.39, 0.29) is 0 Å². The molecular weight excluding hydrogens is 299 g/mol. The highest BCUT2D eigenvalue weighted by Crippen LogP contribution is 2.06. The Morgan fingerprint density at radius 1 is 0.933 bits per heavy atom. The molecule has 1 N–H and O–H groups in total. The number of nitrogens with one attached hydrogen (secondary N) is 1. The van der Waals surface area contributed by atoms with E-state index in [0.717, 1.165) is 0 Å². The molecule has 0 radical (unpaired) electrons. The van der Waals surface area contributed by atoms with Gasteiger partial charge in [0.2, 0.25) is 0 Å². The van der Waals surface area contributed by atoms with Crippen molar-refractivity contribution in [3.8, 4) is 0 Å². The minimum atomic E-state index is 1.21. The molecule has 0 atom stereocenters. The summed E-state index contributed by atoms with van der Waals surface area (Å²) in [6.07, 6.45) is 8.30. The van der Waals surface area contributed by atoms with Crippen LogP contribution >= 0.6 is 22.6 Å². The summed E-state index contributed by atoms with van der Waals surface area (Å²) >= 11 is 2.46. The number of halogens is 1. The van der Waals surface area contributed by atoms with Crippen LogP contribution in [-0.2, 0) is 0 Å². The van der Waals surface area contributed by atoms with Gasteiger partial charge < -0.3 is 10.2 Å². The number of hydrogen-bond acceptors (Lipinski definition) is 2. The van der Waals surface area contributed by atoms with Gasteiger partial charge in [-0.15, -0.1) is 0 Å².